The molecule has 1 aliphatic carbocycles. The van der Waals surface area contributed by atoms with E-state index in [1.165, 1.54) is 0 Å². The van der Waals surface area contributed by atoms with Crippen LogP contribution in [0.5, 0.6) is 11.5 Å². The fraction of sp³-hybridized carbons (Fsp3) is 0.571. The van der Waals surface area contributed by atoms with E-state index in [4.69, 9.17) is 10.5 Å². The van der Waals surface area contributed by atoms with Crippen LogP contribution in [0.15, 0.2) is 18.2 Å². The molecule has 1 aromatic carbocycles. The van der Waals surface area contributed by atoms with E-state index >= 15 is 0 Å². The molecule has 0 aromatic heterocycles. The molecule has 1 saturated carbocycles. The first-order valence-corrected chi connectivity index (χ1v) is 6.22. The zero-order chi connectivity index (χ0) is 12.6. The van der Waals surface area contributed by atoms with E-state index < -0.39 is 0 Å². The molecule has 94 valence electrons. The Labute approximate surface area is 103 Å². The molecule has 1 aromatic rings. The molecule has 2 rings (SSSR count). The smallest absolute Gasteiger partial charge is 0.127 e. The number of hydrogen-bond donors (Lipinski definition) is 2. The molecule has 3 nitrogen and oxygen atoms in total. The predicted octanol–water partition coefficient (Wildman–Crippen LogP) is 2.56. The van der Waals surface area contributed by atoms with E-state index in [0.717, 1.165) is 24.2 Å². The topological polar surface area (TPSA) is 55.5 Å². The molecule has 1 aliphatic rings. The van der Waals surface area contributed by atoms with Gasteiger partial charge in [-0.15, -0.1) is 0 Å². The van der Waals surface area contributed by atoms with Crippen LogP contribution in [0, 0.1) is 0 Å². The van der Waals surface area contributed by atoms with E-state index in [-0.39, 0.29) is 17.6 Å². The predicted molar refractivity (Wildman–Crippen MR) is 68.4 cm³/mol. The molecule has 3 N–H and O–H groups in total. The fourth-order valence-corrected chi connectivity index (χ4v) is 2.44. The SMILES string of the molecule is CC(C)Oc1cccc(O)c1C1(C(C)N)CC1. The van der Waals surface area contributed by atoms with Crippen molar-refractivity contribution in [1.29, 1.82) is 0 Å². The van der Waals surface area contributed by atoms with Gasteiger partial charge in [-0.25, -0.2) is 0 Å². The lowest BCUT2D eigenvalue weighted by atomic mass is 9.88. The summed E-state index contributed by atoms with van der Waals surface area (Å²) in [6.45, 7) is 5.97. The normalized spacial score (nSPS) is 19.1. The lowest BCUT2D eigenvalue weighted by Crippen LogP contribution is -2.32. The first-order chi connectivity index (χ1) is 7.97. The average molecular weight is 235 g/mol. The summed E-state index contributed by atoms with van der Waals surface area (Å²) in [5.74, 6) is 1.08. The molecule has 3 heteroatoms. The highest BCUT2D eigenvalue weighted by molar-refractivity contribution is 5.52. The van der Waals surface area contributed by atoms with Gasteiger partial charge < -0.3 is 15.6 Å². The van der Waals surface area contributed by atoms with Gasteiger partial charge in [-0.1, -0.05) is 6.07 Å². The van der Waals surface area contributed by atoms with Crippen molar-refractivity contribution >= 4 is 0 Å². The van der Waals surface area contributed by atoms with Crippen molar-refractivity contribution in [2.75, 3.05) is 0 Å². The minimum absolute atomic E-state index is 0.0327. The third kappa shape index (κ3) is 2.12. The van der Waals surface area contributed by atoms with Gasteiger partial charge in [-0.3, -0.25) is 0 Å². The molecule has 17 heavy (non-hydrogen) atoms. The highest BCUT2D eigenvalue weighted by atomic mass is 16.5. The fourth-order valence-electron chi connectivity index (χ4n) is 2.44. The third-order valence-electron chi connectivity index (χ3n) is 3.53. The number of benzene rings is 1. The molecule has 0 saturated heterocycles. The number of ether oxygens (including phenoxy) is 1. The van der Waals surface area contributed by atoms with Gasteiger partial charge in [0.05, 0.1) is 6.10 Å². The Morgan fingerprint density at radius 1 is 1.29 bits per heavy atom. The Bertz CT molecular complexity index is 409. The lowest BCUT2D eigenvalue weighted by molar-refractivity contribution is 0.235. The van der Waals surface area contributed by atoms with Crippen LogP contribution >= 0.6 is 0 Å². The van der Waals surface area contributed by atoms with Crippen molar-refractivity contribution in [2.45, 2.75) is 51.2 Å². The molecule has 1 atom stereocenters. The van der Waals surface area contributed by atoms with Gasteiger partial charge in [0, 0.05) is 17.0 Å². The Kier molecular flexibility index (Phi) is 3.04. The van der Waals surface area contributed by atoms with Gasteiger partial charge in [0.25, 0.3) is 0 Å². The molecule has 0 bridgehead atoms. The molecule has 0 aliphatic heterocycles. The third-order valence-corrected chi connectivity index (χ3v) is 3.53. The van der Waals surface area contributed by atoms with Crippen LogP contribution < -0.4 is 10.5 Å². The Morgan fingerprint density at radius 3 is 2.41 bits per heavy atom. The average Bonchev–Trinajstić information content (AvgIpc) is 2.97. The van der Waals surface area contributed by atoms with Crippen LogP contribution in [-0.4, -0.2) is 17.3 Å². The number of phenols is 1. The minimum atomic E-state index is -0.0877. The number of hydrogen-bond acceptors (Lipinski definition) is 3. The Hall–Kier alpha value is -1.22. The number of phenolic OH excluding ortho intramolecular Hbond substituents is 1. The highest BCUT2D eigenvalue weighted by Crippen LogP contribution is 2.56. The Balaban J connectivity index is 2.45. The van der Waals surface area contributed by atoms with Crippen LogP contribution in [0.25, 0.3) is 0 Å². The summed E-state index contributed by atoms with van der Waals surface area (Å²) < 4.78 is 5.79. The van der Waals surface area contributed by atoms with E-state index in [0.29, 0.717) is 5.75 Å². The van der Waals surface area contributed by atoms with E-state index in [1.54, 1.807) is 6.07 Å². The maximum Gasteiger partial charge on any atom is 0.127 e. The molecule has 0 heterocycles. The van der Waals surface area contributed by atoms with E-state index in [1.807, 2.05) is 32.9 Å². The van der Waals surface area contributed by atoms with Crippen LogP contribution in [0.4, 0.5) is 0 Å². The second-order valence-corrected chi connectivity index (χ2v) is 5.26. The van der Waals surface area contributed by atoms with Crippen molar-refractivity contribution in [3.63, 3.8) is 0 Å². The first kappa shape index (κ1) is 12.2. The van der Waals surface area contributed by atoms with Gasteiger partial charge in [0.2, 0.25) is 0 Å². The van der Waals surface area contributed by atoms with Crippen LogP contribution in [0.1, 0.15) is 39.2 Å². The molecule has 0 amide bonds. The highest BCUT2D eigenvalue weighted by Gasteiger charge is 2.50. The van der Waals surface area contributed by atoms with Crippen LogP contribution in [0.2, 0.25) is 0 Å². The minimum Gasteiger partial charge on any atom is -0.508 e. The Morgan fingerprint density at radius 2 is 1.94 bits per heavy atom. The molecular formula is C14H21NO2. The van der Waals surface area contributed by atoms with Crippen molar-refractivity contribution < 1.29 is 9.84 Å². The lowest BCUT2D eigenvalue weighted by Gasteiger charge is -2.25. The van der Waals surface area contributed by atoms with E-state index in [2.05, 4.69) is 0 Å². The van der Waals surface area contributed by atoms with Gasteiger partial charge in [-0.2, -0.15) is 0 Å². The van der Waals surface area contributed by atoms with Gasteiger partial charge in [0.1, 0.15) is 11.5 Å². The molecule has 1 fully saturated rings. The molecule has 1 unspecified atom stereocenters. The van der Waals surface area contributed by atoms with Crippen LogP contribution in [-0.2, 0) is 5.41 Å². The maximum atomic E-state index is 10.1. The maximum absolute atomic E-state index is 10.1. The first-order valence-electron chi connectivity index (χ1n) is 6.22. The molecule has 0 radical (unpaired) electrons. The summed E-state index contributed by atoms with van der Waals surface area (Å²) in [4.78, 5) is 0. The monoisotopic (exact) mass is 235 g/mol. The number of rotatable bonds is 4. The second-order valence-electron chi connectivity index (χ2n) is 5.26. The summed E-state index contributed by atoms with van der Waals surface area (Å²) in [5, 5.41) is 10.1. The summed E-state index contributed by atoms with van der Waals surface area (Å²) >= 11 is 0. The molecule has 0 spiro atoms. The quantitative estimate of drug-likeness (QED) is 0.843. The number of nitrogens with two attached hydrogens (primary N) is 1. The van der Waals surface area contributed by atoms with Crippen molar-refractivity contribution in [3.8, 4) is 11.5 Å². The summed E-state index contributed by atoms with van der Waals surface area (Å²) in [6, 6.07) is 5.47. The zero-order valence-electron chi connectivity index (χ0n) is 10.7. The summed E-state index contributed by atoms with van der Waals surface area (Å²) in [6.07, 6.45) is 2.15. The van der Waals surface area contributed by atoms with Crippen molar-refractivity contribution in [3.05, 3.63) is 23.8 Å². The standard InChI is InChI=1S/C14H21NO2/c1-9(2)17-12-6-4-5-11(16)13(12)14(7-8-14)10(3)15/h4-6,9-10,16H,7-8,15H2,1-3H3. The zero-order valence-corrected chi connectivity index (χ0v) is 10.7. The van der Waals surface area contributed by atoms with Gasteiger partial charge >= 0.3 is 0 Å². The van der Waals surface area contributed by atoms with Gasteiger partial charge in [0.15, 0.2) is 0 Å². The number of aromatic hydroxyl groups is 1. The van der Waals surface area contributed by atoms with E-state index in [9.17, 15) is 5.11 Å². The largest absolute Gasteiger partial charge is 0.508 e. The van der Waals surface area contributed by atoms with Crippen LogP contribution in [0.3, 0.4) is 0 Å². The second kappa shape index (κ2) is 4.22. The summed E-state index contributed by atoms with van der Waals surface area (Å²) in [5.41, 5.74) is 6.87. The van der Waals surface area contributed by atoms with Gasteiger partial charge in [-0.05, 0) is 45.7 Å². The van der Waals surface area contributed by atoms with Crippen molar-refractivity contribution in [2.24, 2.45) is 5.73 Å². The summed E-state index contributed by atoms with van der Waals surface area (Å²) in [7, 11) is 0. The molecular weight excluding hydrogens is 214 g/mol. The van der Waals surface area contributed by atoms with Crippen molar-refractivity contribution in [1.82, 2.24) is 0 Å².